The fourth-order valence-electron chi connectivity index (χ4n) is 1.61. The van der Waals surface area contributed by atoms with Gasteiger partial charge in [0.25, 0.3) is 0 Å². The highest BCUT2D eigenvalue weighted by atomic mass is 19.3. The number of nitrogens with one attached hydrogen (secondary N) is 1. The molecule has 7 heteroatoms. The highest BCUT2D eigenvalue weighted by molar-refractivity contribution is 5.55. The van der Waals surface area contributed by atoms with Crippen molar-refractivity contribution in [1.29, 1.82) is 0 Å². The molecule has 0 aliphatic carbocycles. The molecule has 0 saturated heterocycles. The number of halogens is 2. The summed E-state index contributed by atoms with van der Waals surface area (Å²) in [6.45, 7) is 1.25. The van der Waals surface area contributed by atoms with E-state index in [1.807, 2.05) is 0 Å². The first kappa shape index (κ1) is 13.4. The van der Waals surface area contributed by atoms with Gasteiger partial charge < -0.3 is 4.74 Å². The van der Waals surface area contributed by atoms with Crippen LogP contribution in [0.15, 0.2) is 18.3 Å². The average molecular weight is 268 g/mol. The molecule has 0 atom stereocenters. The van der Waals surface area contributed by atoms with Crippen molar-refractivity contribution < 1.29 is 13.5 Å². The lowest BCUT2D eigenvalue weighted by Crippen LogP contribution is -2.03. The first-order valence-corrected chi connectivity index (χ1v) is 5.87. The number of H-pyrrole nitrogens is 1. The summed E-state index contributed by atoms with van der Waals surface area (Å²) in [4.78, 5) is 8.00. The smallest absolute Gasteiger partial charge is 0.388 e. The largest absolute Gasteiger partial charge is 0.417 e. The molecule has 2 heterocycles. The predicted octanol–water partition coefficient (Wildman–Crippen LogP) is 2.67. The maximum Gasteiger partial charge on any atom is 0.388 e. The number of hydrogen-bond acceptors (Lipinski definition) is 4. The van der Waals surface area contributed by atoms with Crippen LogP contribution in [0, 0.1) is 5.92 Å². The number of aromatic amines is 1. The Hall–Kier alpha value is -2.05. The van der Waals surface area contributed by atoms with Crippen LogP contribution in [0.2, 0.25) is 0 Å². The van der Waals surface area contributed by atoms with Gasteiger partial charge in [0.15, 0.2) is 5.82 Å². The fraction of sp³-hybridized carbons (Fsp3) is 0.417. The van der Waals surface area contributed by atoms with Crippen LogP contribution < -0.4 is 4.74 Å². The van der Waals surface area contributed by atoms with E-state index in [1.165, 1.54) is 12.3 Å². The van der Waals surface area contributed by atoms with Crippen molar-refractivity contribution in [3.8, 4) is 17.3 Å². The molecule has 2 rings (SSSR count). The van der Waals surface area contributed by atoms with Crippen molar-refractivity contribution in [1.82, 2.24) is 20.2 Å². The monoisotopic (exact) mass is 268 g/mol. The van der Waals surface area contributed by atoms with Crippen molar-refractivity contribution in [2.75, 3.05) is 0 Å². The Morgan fingerprint density at radius 2 is 2.16 bits per heavy atom. The third-order valence-electron chi connectivity index (χ3n) is 2.34. The number of aromatic nitrogens is 4. The lowest BCUT2D eigenvalue weighted by atomic mass is 10.1. The maximum atomic E-state index is 12.1. The van der Waals surface area contributed by atoms with Gasteiger partial charge in [-0.2, -0.15) is 13.9 Å². The van der Waals surface area contributed by atoms with Gasteiger partial charge in [-0.05, 0) is 12.0 Å². The second-order valence-electron chi connectivity index (χ2n) is 4.46. The molecule has 5 nitrogen and oxygen atoms in total. The molecule has 19 heavy (non-hydrogen) atoms. The zero-order chi connectivity index (χ0) is 13.8. The van der Waals surface area contributed by atoms with E-state index in [4.69, 9.17) is 0 Å². The van der Waals surface area contributed by atoms with Crippen LogP contribution in [0.25, 0.3) is 11.4 Å². The minimum Gasteiger partial charge on any atom is -0.417 e. The Morgan fingerprint density at radius 1 is 1.37 bits per heavy atom. The van der Waals surface area contributed by atoms with E-state index in [-0.39, 0.29) is 5.88 Å². The minimum atomic E-state index is -2.90. The van der Waals surface area contributed by atoms with E-state index < -0.39 is 6.61 Å². The van der Waals surface area contributed by atoms with Crippen LogP contribution in [0.3, 0.4) is 0 Å². The molecule has 0 aliphatic rings. The van der Waals surface area contributed by atoms with Crippen LogP contribution in [-0.2, 0) is 6.42 Å². The van der Waals surface area contributed by atoms with Crippen LogP contribution in [0.4, 0.5) is 8.78 Å². The van der Waals surface area contributed by atoms with Gasteiger partial charge >= 0.3 is 6.61 Å². The summed E-state index contributed by atoms with van der Waals surface area (Å²) < 4.78 is 28.4. The molecule has 0 radical (unpaired) electrons. The molecule has 0 saturated carbocycles. The van der Waals surface area contributed by atoms with E-state index in [2.05, 4.69) is 38.7 Å². The Bertz CT molecular complexity index is 542. The summed E-state index contributed by atoms with van der Waals surface area (Å²) in [5.74, 6) is 1.51. The lowest BCUT2D eigenvalue weighted by Gasteiger charge is -2.03. The quantitative estimate of drug-likeness (QED) is 0.905. The van der Waals surface area contributed by atoms with Gasteiger partial charge in [-0.3, -0.25) is 5.10 Å². The van der Waals surface area contributed by atoms with E-state index >= 15 is 0 Å². The summed E-state index contributed by atoms with van der Waals surface area (Å²) in [7, 11) is 0. The Morgan fingerprint density at radius 3 is 2.84 bits per heavy atom. The fourth-order valence-corrected chi connectivity index (χ4v) is 1.61. The van der Waals surface area contributed by atoms with Gasteiger partial charge in [0.1, 0.15) is 5.82 Å². The normalized spacial score (nSPS) is 11.3. The molecule has 0 spiro atoms. The second-order valence-corrected chi connectivity index (χ2v) is 4.46. The van der Waals surface area contributed by atoms with Crippen LogP contribution in [-0.4, -0.2) is 26.8 Å². The molecule has 102 valence electrons. The van der Waals surface area contributed by atoms with Gasteiger partial charge in [0.2, 0.25) is 5.88 Å². The SMILES string of the molecule is CC(C)Cc1nc(-c2ccnc(OC(F)F)c2)n[nH]1. The van der Waals surface area contributed by atoms with Crippen LogP contribution in [0.1, 0.15) is 19.7 Å². The van der Waals surface area contributed by atoms with Crippen molar-refractivity contribution >= 4 is 0 Å². The number of nitrogens with zero attached hydrogens (tertiary/aromatic N) is 3. The summed E-state index contributed by atoms with van der Waals surface area (Å²) >= 11 is 0. The Kier molecular flexibility index (Phi) is 4.03. The van der Waals surface area contributed by atoms with E-state index in [0.29, 0.717) is 17.3 Å². The second kappa shape index (κ2) is 5.73. The van der Waals surface area contributed by atoms with Crippen LogP contribution in [0.5, 0.6) is 5.88 Å². The van der Waals surface area contributed by atoms with Gasteiger partial charge in [-0.1, -0.05) is 13.8 Å². The van der Waals surface area contributed by atoms with E-state index in [9.17, 15) is 8.78 Å². The third kappa shape index (κ3) is 3.70. The molecular formula is C12H14F2N4O. The third-order valence-corrected chi connectivity index (χ3v) is 2.34. The zero-order valence-electron chi connectivity index (χ0n) is 10.6. The predicted molar refractivity (Wildman–Crippen MR) is 64.8 cm³/mol. The van der Waals surface area contributed by atoms with E-state index in [0.717, 1.165) is 12.2 Å². The standard InChI is InChI=1S/C12H14F2N4O/c1-7(2)5-9-16-11(18-17-9)8-3-4-15-10(6-8)19-12(13)14/h3-4,6-7,12H,5H2,1-2H3,(H,16,17,18). The molecule has 1 N–H and O–H groups in total. The summed E-state index contributed by atoms with van der Waals surface area (Å²) in [5.41, 5.74) is 0.580. The molecule has 0 amide bonds. The average Bonchev–Trinajstić information content (AvgIpc) is 2.76. The van der Waals surface area contributed by atoms with Crippen molar-refractivity contribution in [3.05, 3.63) is 24.2 Å². The number of ether oxygens (including phenoxy) is 1. The van der Waals surface area contributed by atoms with Crippen molar-refractivity contribution in [2.24, 2.45) is 5.92 Å². The molecule has 0 unspecified atom stereocenters. The Labute approximate surface area is 109 Å². The first-order chi connectivity index (χ1) is 9.04. The summed E-state index contributed by atoms with van der Waals surface area (Å²) in [6, 6.07) is 3.02. The number of hydrogen-bond donors (Lipinski definition) is 1. The Balaban J connectivity index is 2.19. The number of alkyl halides is 2. The molecule has 0 aliphatic heterocycles. The van der Waals surface area contributed by atoms with E-state index in [1.54, 1.807) is 6.07 Å². The molecule has 2 aromatic heterocycles. The highest BCUT2D eigenvalue weighted by Crippen LogP contribution is 2.20. The zero-order valence-corrected chi connectivity index (χ0v) is 10.6. The minimum absolute atomic E-state index is 0.150. The van der Waals surface area contributed by atoms with Crippen molar-refractivity contribution in [2.45, 2.75) is 26.9 Å². The topological polar surface area (TPSA) is 63.7 Å². The number of pyridine rings is 1. The molecule has 2 aromatic rings. The van der Waals surface area contributed by atoms with Crippen molar-refractivity contribution in [3.63, 3.8) is 0 Å². The van der Waals surface area contributed by atoms with Gasteiger partial charge in [-0.15, -0.1) is 0 Å². The van der Waals surface area contributed by atoms with Crippen LogP contribution >= 0.6 is 0 Å². The summed E-state index contributed by atoms with van der Waals surface area (Å²) in [5, 5.41) is 6.88. The van der Waals surface area contributed by atoms with Gasteiger partial charge in [0, 0.05) is 24.2 Å². The molecule has 0 bridgehead atoms. The lowest BCUT2D eigenvalue weighted by molar-refractivity contribution is -0.0528. The highest BCUT2D eigenvalue weighted by Gasteiger charge is 2.10. The molecular weight excluding hydrogens is 254 g/mol. The molecule has 0 fully saturated rings. The van der Waals surface area contributed by atoms with Gasteiger partial charge in [0.05, 0.1) is 0 Å². The maximum absolute atomic E-state index is 12.1. The van der Waals surface area contributed by atoms with Gasteiger partial charge in [-0.25, -0.2) is 9.97 Å². The molecule has 0 aromatic carbocycles. The number of rotatable bonds is 5. The first-order valence-electron chi connectivity index (χ1n) is 5.87. The summed E-state index contributed by atoms with van der Waals surface area (Å²) in [6.07, 6.45) is 2.16.